The van der Waals surface area contributed by atoms with Crippen LogP contribution in [0.4, 0.5) is 0 Å². The van der Waals surface area contributed by atoms with Gasteiger partial charge in [-0.25, -0.2) is 4.79 Å². The van der Waals surface area contributed by atoms with Crippen LogP contribution >= 0.6 is 0 Å². The maximum atomic E-state index is 12.9. The Morgan fingerprint density at radius 3 is 1.94 bits per heavy atom. The molecular weight excluding hydrogens is 724 g/mol. The molecule has 3 fully saturated rings. The zero-order chi connectivity index (χ0) is 39.4. The number of ether oxygens (including phenoxy) is 7. The number of phenolic OH excluding ortho intramolecular Hbond substituents is 4. The van der Waals surface area contributed by atoms with E-state index in [9.17, 15) is 61.0 Å². The van der Waals surface area contributed by atoms with E-state index in [0.29, 0.717) is 11.1 Å². The van der Waals surface area contributed by atoms with Crippen LogP contribution in [0.2, 0.25) is 0 Å². The van der Waals surface area contributed by atoms with E-state index in [1.54, 1.807) is 0 Å². The quantitative estimate of drug-likeness (QED) is 0.0622. The Labute approximate surface area is 308 Å². The first kappa shape index (κ1) is 41.5. The number of aliphatic hydroxyl groups is 7. The summed E-state index contributed by atoms with van der Waals surface area (Å²) in [6.45, 7) is 2.15. The smallest absolute Gasteiger partial charge is 0.331 e. The van der Waals surface area contributed by atoms with Crippen molar-refractivity contribution < 1.29 is 94.1 Å². The van der Waals surface area contributed by atoms with Crippen molar-refractivity contribution in [3.05, 3.63) is 53.6 Å². The molecule has 19 heteroatoms. The summed E-state index contributed by atoms with van der Waals surface area (Å²) >= 11 is 0. The highest BCUT2D eigenvalue weighted by Crippen LogP contribution is 2.32. The molecule has 0 radical (unpaired) electrons. The monoisotopic (exact) mass is 770 g/mol. The van der Waals surface area contributed by atoms with Gasteiger partial charge >= 0.3 is 5.97 Å². The number of aliphatic hydroxyl groups excluding tert-OH is 7. The summed E-state index contributed by atoms with van der Waals surface area (Å²) in [5.74, 6) is -2.52. The molecular formula is C35H46O19. The molecule has 0 amide bonds. The average molecular weight is 771 g/mol. The predicted octanol–water partition coefficient (Wildman–Crippen LogP) is -2.16. The zero-order valence-electron chi connectivity index (χ0n) is 29.1. The first-order valence-corrected chi connectivity index (χ1v) is 17.1. The Bertz CT molecular complexity index is 1590. The number of hydrogen-bond acceptors (Lipinski definition) is 19. The average Bonchev–Trinajstić information content (AvgIpc) is 3.14. The van der Waals surface area contributed by atoms with Gasteiger partial charge in [0.2, 0.25) is 0 Å². The molecule has 0 aliphatic carbocycles. The molecule has 0 aromatic heterocycles. The van der Waals surface area contributed by atoms with Crippen molar-refractivity contribution in [2.45, 2.75) is 112 Å². The molecule has 0 saturated carbocycles. The molecule has 0 unspecified atom stereocenters. The number of esters is 1. The van der Waals surface area contributed by atoms with Crippen LogP contribution in [0.5, 0.6) is 23.0 Å². The van der Waals surface area contributed by atoms with Crippen molar-refractivity contribution in [3.63, 3.8) is 0 Å². The summed E-state index contributed by atoms with van der Waals surface area (Å²) < 4.78 is 39.6. The molecule has 0 bridgehead atoms. The summed E-state index contributed by atoms with van der Waals surface area (Å²) in [6, 6.07) is 7.89. The standard InChI is InChI=1S/C35H46O19/c1-14-24(41)26(43)28(45)35(51-14)54-32-25(42)15(2)50-34(30(32)47)49-13-22-31(53-23(40)8-5-16-3-6-18(36)20(38)11-16)27(44)29(46)33(52-22)48-10-9-17-4-7-19(37)21(39)12-17/h3-8,11-12,14-15,22,24-39,41-47H,9-10,13H2,1-2H3/t14-,15-,22+,24-,25-,26+,27+,28+,29+,30+,31+,32+,33+,34+,35-/m0/s1. The van der Waals surface area contributed by atoms with E-state index in [0.717, 1.165) is 6.08 Å². The van der Waals surface area contributed by atoms with Gasteiger partial charge in [0, 0.05) is 6.08 Å². The number of hydrogen-bond donors (Lipinski definition) is 11. The van der Waals surface area contributed by atoms with E-state index in [1.165, 1.54) is 56.3 Å². The van der Waals surface area contributed by atoms with Gasteiger partial charge in [-0.2, -0.15) is 0 Å². The van der Waals surface area contributed by atoms with Gasteiger partial charge in [0.25, 0.3) is 0 Å². The molecule has 0 spiro atoms. The lowest BCUT2D eigenvalue weighted by Gasteiger charge is -2.46. The van der Waals surface area contributed by atoms with Crippen LogP contribution in [0.15, 0.2) is 42.5 Å². The second-order valence-electron chi connectivity index (χ2n) is 13.3. The highest BCUT2D eigenvalue weighted by molar-refractivity contribution is 5.87. The zero-order valence-corrected chi connectivity index (χ0v) is 29.1. The van der Waals surface area contributed by atoms with Crippen molar-refractivity contribution in [1.82, 2.24) is 0 Å². The molecule has 3 aliphatic rings. The van der Waals surface area contributed by atoms with E-state index in [1.807, 2.05) is 0 Å². The number of phenols is 4. The third kappa shape index (κ3) is 9.58. The molecule has 300 valence electrons. The first-order valence-electron chi connectivity index (χ1n) is 17.1. The number of carbonyl (C=O) groups is 1. The summed E-state index contributed by atoms with van der Waals surface area (Å²) in [5.41, 5.74) is 0.861. The van der Waals surface area contributed by atoms with Crippen LogP contribution in [-0.2, 0) is 44.4 Å². The van der Waals surface area contributed by atoms with Gasteiger partial charge in [-0.1, -0.05) is 12.1 Å². The van der Waals surface area contributed by atoms with Crippen LogP contribution in [0, 0.1) is 0 Å². The summed E-state index contributed by atoms with van der Waals surface area (Å²) in [5, 5.41) is 113. The second kappa shape index (κ2) is 17.9. The molecule has 3 saturated heterocycles. The highest BCUT2D eigenvalue weighted by atomic mass is 16.7. The van der Waals surface area contributed by atoms with E-state index >= 15 is 0 Å². The van der Waals surface area contributed by atoms with Crippen molar-refractivity contribution >= 4 is 12.0 Å². The number of aromatic hydroxyl groups is 4. The van der Waals surface area contributed by atoms with Crippen LogP contribution in [0.25, 0.3) is 6.08 Å². The van der Waals surface area contributed by atoms with Crippen molar-refractivity contribution in [3.8, 4) is 23.0 Å². The predicted molar refractivity (Wildman–Crippen MR) is 178 cm³/mol. The van der Waals surface area contributed by atoms with Crippen molar-refractivity contribution in [2.75, 3.05) is 13.2 Å². The van der Waals surface area contributed by atoms with Gasteiger partial charge in [-0.3, -0.25) is 0 Å². The molecule has 54 heavy (non-hydrogen) atoms. The number of carbonyl (C=O) groups excluding carboxylic acids is 1. The Kier molecular flexibility index (Phi) is 13.7. The Hall–Kier alpha value is -3.67. The summed E-state index contributed by atoms with van der Waals surface area (Å²) in [7, 11) is 0. The van der Waals surface area contributed by atoms with Gasteiger partial charge in [0.15, 0.2) is 48.0 Å². The van der Waals surface area contributed by atoms with Gasteiger partial charge in [-0.15, -0.1) is 0 Å². The molecule has 3 heterocycles. The van der Waals surface area contributed by atoms with Crippen LogP contribution in [-0.4, -0.2) is 167 Å². The van der Waals surface area contributed by atoms with E-state index < -0.39 is 110 Å². The maximum absolute atomic E-state index is 12.9. The normalized spacial score (nSPS) is 37.3. The van der Waals surface area contributed by atoms with E-state index in [2.05, 4.69) is 0 Å². The fraction of sp³-hybridized carbons (Fsp3) is 0.571. The third-order valence-electron chi connectivity index (χ3n) is 9.32. The Morgan fingerprint density at radius 2 is 1.26 bits per heavy atom. The number of rotatable bonds is 12. The minimum atomic E-state index is -1.83. The molecule has 3 aliphatic heterocycles. The molecule has 5 rings (SSSR count). The second-order valence-corrected chi connectivity index (χ2v) is 13.3. The van der Waals surface area contributed by atoms with Crippen molar-refractivity contribution in [1.29, 1.82) is 0 Å². The van der Waals surface area contributed by atoms with Gasteiger partial charge in [0.05, 0.1) is 25.4 Å². The maximum Gasteiger partial charge on any atom is 0.331 e. The lowest BCUT2D eigenvalue weighted by Crippen LogP contribution is -2.64. The van der Waals surface area contributed by atoms with E-state index in [4.69, 9.17) is 33.2 Å². The molecule has 19 nitrogen and oxygen atoms in total. The largest absolute Gasteiger partial charge is 0.504 e. The van der Waals surface area contributed by atoms with Crippen LogP contribution in [0.1, 0.15) is 25.0 Å². The fourth-order valence-electron chi connectivity index (χ4n) is 6.09. The first-order chi connectivity index (χ1) is 25.5. The van der Waals surface area contributed by atoms with Crippen LogP contribution in [0.3, 0.4) is 0 Å². The van der Waals surface area contributed by atoms with Crippen LogP contribution < -0.4 is 0 Å². The van der Waals surface area contributed by atoms with Gasteiger partial charge in [-0.05, 0) is 61.7 Å². The molecule has 15 atom stereocenters. The number of benzene rings is 2. The lowest BCUT2D eigenvalue weighted by molar-refractivity contribution is -0.360. The minimum absolute atomic E-state index is 0.114. The summed E-state index contributed by atoms with van der Waals surface area (Å²) in [6.07, 6.45) is -20.6. The fourth-order valence-corrected chi connectivity index (χ4v) is 6.09. The molecule has 2 aromatic carbocycles. The summed E-state index contributed by atoms with van der Waals surface area (Å²) in [4.78, 5) is 12.9. The van der Waals surface area contributed by atoms with Gasteiger partial charge in [0.1, 0.15) is 54.9 Å². The highest BCUT2D eigenvalue weighted by Gasteiger charge is 2.51. The van der Waals surface area contributed by atoms with E-state index in [-0.39, 0.29) is 30.3 Å². The SMILES string of the molecule is C[C@@H]1O[C@@H](O[C@@H]2[C@@H](O)[C@H](C)O[C@@H](OC[C@H]3O[C@@H](OCCc4ccc(O)c(O)c4)[C@H](O)[C@@H](O)[C@@H]3OC(=O)C=Cc3ccc(O)c(O)c3)[C@@H]2O)[C@H](O)[C@H](O)[C@H]1O. The van der Waals surface area contributed by atoms with Crippen molar-refractivity contribution in [2.24, 2.45) is 0 Å². The minimum Gasteiger partial charge on any atom is -0.504 e. The Balaban J connectivity index is 1.29. The Morgan fingerprint density at radius 1 is 0.648 bits per heavy atom. The third-order valence-corrected chi connectivity index (χ3v) is 9.32. The topological polar surface area (TPSA) is 304 Å². The van der Waals surface area contributed by atoms with Gasteiger partial charge < -0.3 is 89.3 Å². The lowest BCUT2D eigenvalue weighted by atomic mass is 9.97. The molecule has 2 aromatic rings. The molecule has 11 N–H and O–H groups in total.